The van der Waals surface area contributed by atoms with Gasteiger partial charge in [-0.1, -0.05) is 11.6 Å². The van der Waals surface area contributed by atoms with E-state index in [-0.39, 0.29) is 16.5 Å². The van der Waals surface area contributed by atoms with Gasteiger partial charge >= 0.3 is 5.97 Å². The van der Waals surface area contributed by atoms with Gasteiger partial charge < -0.3 is 15.8 Å². The Kier molecular flexibility index (Phi) is 4.05. The number of pyridine rings is 1. The third-order valence-electron chi connectivity index (χ3n) is 2.51. The van der Waals surface area contributed by atoms with Crippen molar-refractivity contribution in [3.63, 3.8) is 0 Å². The predicted octanol–water partition coefficient (Wildman–Crippen LogP) is 2.99. The number of hydrogen-bond donors (Lipinski definition) is 2. The van der Waals surface area contributed by atoms with Crippen molar-refractivity contribution >= 4 is 34.8 Å². The maximum absolute atomic E-state index is 13.0. The summed E-state index contributed by atoms with van der Waals surface area (Å²) in [6, 6.07) is 6.81. The fourth-order valence-corrected chi connectivity index (χ4v) is 1.72. The molecular formula is C13H11ClFN3O2. The average Bonchev–Trinajstić information content (AvgIpc) is 2.43. The van der Waals surface area contributed by atoms with E-state index in [4.69, 9.17) is 17.3 Å². The van der Waals surface area contributed by atoms with Crippen LogP contribution in [0.1, 0.15) is 10.5 Å². The fraction of sp³-hybridized carbons (Fsp3) is 0.0769. The van der Waals surface area contributed by atoms with E-state index in [1.54, 1.807) is 0 Å². The summed E-state index contributed by atoms with van der Waals surface area (Å²) in [4.78, 5) is 15.5. The minimum atomic E-state index is -0.585. The van der Waals surface area contributed by atoms with Gasteiger partial charge in [0.1, 0.15) is 5.82 Å². The molecule has 0 spiro atoms. The van der Waals surface area contributed by atoms with Gasteiger partial charge in [-0.15, -0.1) is 0 Å². The van der Waals surface area contributed by atoms with Crippen molar-refractivity contribution in [2.24, 2.45) is 0 Å². The summed E-state index contributed by atoms with van der Waals surface area (Å²) in [5.74, 6) is -0.801. The summed E-state index contributed by atoms with van der Waals surface area (Å²) >= 11 is 5.90. The zero-order valence-corrected chi connectivity index (χ0v) is 11.2. The Morgan fingerprint density at radius 1 is 1.40 bits per heavy atom. The molecule has 0 aliphatic carbocycles. The van der Waals surface area contributed by atoms with Gasteiger partial charge in [-0.05, 0) is 30.3 Å². The van der Waals surface area contributed by atoms with E-state index in [1.165, 1.54) is 31.4 Å². The molecule has 1 aromatic carbocycles. The van der Waals surface area contributed by atoms with Gasteiger partial charge in [0.05, 0.1) is 23.5 Å². The molecule has 0 saturated heterocycles. The van der Waals surface area contributed by atoms with Crippen LogP contribution in [-0.2, 0) is 4.74 Å². The zero-order valence-electron chi connectivity index (χ0n) is 10.5. The standard InChI is InChI=1S/C13H11ClFN3O2/c1-20-13(19)11-5-3-9(16)12(18-11)17-10-4-2-7(15)6-8(10)14/h2-6H,16H2,1H3,(H,17,18). The Morgan fingerprint density at radius 2 is 2.15 bits per heavy atom. The Hall–Kier alpha value is -2.34. The van der Waals surface area contributed by atoms with Gasteiger partial charge in [0, 0.05) is 0 Å². The van der Waals surface area contributed by atoms with E-state index in [0.717, 1.165) is 6.07 Å². The largest absolute Gasteiger partial charge is 0.464 e. The van der Waals surface area contributed by atoms with Gasteiger partial charge in [0.15, 0.2) is 11.5 Å². The lowest BCUT2D eigenvalue weighted by Gasteiger charge is -2.11. The molecule has 7 heteroatoms. The van der Waals surface area contributed by atoms with E-state index in [9.17, 15) is 9.18 Å². The number of ether oxygens (including phenoxy) is 1. The molecule has 0 aliphatic rings. The van der Waals surface area contributed by atoms with Crippen LogP contribution in [0.3, 0.4) is 0 Å². The van der Waals surface area contributed by atoms with Crippen LogP contribution in [0.2, 0.25) is 5.02 Å². The first kappa shape index (κ1) is 14.1. The summed E-state index contributed by atoms with van der Waals surface area (Å²) in [5, 5.41) is 3.02. The summed E-state index contributed by atoms with van der Waals surface area (Å²) < 4.78 is 17.5. The first-order valence-corrected chi connectivity index (χ1v) is 5.96. The van der Waals surface area contributed by atoms with Crippen molar-refractivity contribution in [3.8, 4) is 0 Å². The van der Waals surface area contributed by atoms with Gasteiger partial charge in [0.25, 0.3) is 0 Å². The number of aromatic nitrogens is 1. The van der Waals surface area contributed by atoms with E-state index in [2.05, 4.69) is 15.0 Å². The molecule has 0 saturated carbocycles. The molecule has 0 amide bonds. The first-order valence-electron chi connectivity index (χ1n) is 5.58. The van der Waals surface area contributed by atoms with E-state index in [1.807, 2.05) is 0 Å². The van der Waals surface area contributed by atoms with Crippen LogP contribution >= 0.6 is 11.6 Å². The van der Waals surface area contributed by atoms with Crippen LogP contribution in [0.4, 0.5) is 21.6 Å². The second-order valence-corrected chi connectivity index (χ2v) is 4.28. The Bertz CT molecular complexity index is 664. The Balaban J connectivity index is 2.35. The molecule has 0 radical (unpaired) electrons. The van der Waals surface area contributed by atoms with Gasteiger partial charge in [-0.3, -0.25) is 0 Å². The molecule has 0 atom stereocenters. The highest BCUT2D eigenvalue weighted by Gasteiger charge is 2.11. The molecule has 0 fully saturated rings. The predicted molar refractivity (Wildman–Crippen MR) is 74.7 cm³/mol. The highest BCUT2D eigenvalue weighted by atomic mass is 35.5. The van der Waals surface area contributed by atoms with Crippen LogP contribution < -0.4 is 11.1 Å². The minimum Gasteiger partial charge on any atom is -0.464 e. The second-order valence-electron chi connectivity index (χ2n) is 3.88. The fourth-order valence-electron chi connectivity index (χ4n) is 1.51. The molecule has 1 heterocycles. The summed E-state index contributed by atoms with van der Waals surface area (Å²) in [5.41, 5.74) is 6.61. The molecule has 2 aromatic rings. The number of methoxy groups -OCH3 is 1. The zero-order chi connectivity index (χ0) is 14.7. The summed E-state index contributed by atoms with van der Waals surface area (Å²) in [7, 11) is 1.25. The molecular weight excluding hydrogens is 285 g/mol. The normalized spacial score (nSPS) is 10.2. The van der Waals surface area contributed by atoms with Crippen LogP contribution in [-0.4, -0.2) is 18.1 Å². The first-order chi connectivity index (χ1) is 9.51. The van der Waals surface area contributed by atoms with Crippen LogP contribution in [0.15, 0.2) is 30.3 Å². The topological polar surface area (TPSA) is 77.2 Å². The number of halogens is 2. The summed E-state index contributed by atoms with van der Waals surface area (Å²) in [6.07, 6.45) is 0. The lowest BCUT2D eigenvalue weighted by molar-refractivity contribution is 0.0594. The molecule has 0 aliphatic heterocycles. The van der Waals surface area contributed by atoms with Crippen LogP contribution in [0.5, 0.6) is 0 Å². The number of nitrogens with one attached hydrogen (secondary N) is 1. The second kappa shape index (κ2) is 5.75. The highest BCUT2D eigenvalue weighted by Crippen LogP contribution is 2.28. The third-order valence-corrected chi connectivity index (χ3v) is 2.82. The van der Waals surface area contributed by atoms with Gasteiger partial charge in [-0.2, -0.15) is 0 Å². The monoisotopic (exact) mass is 295 g/mol. The average molecular weight is 296 g/mol. The number of carbonyl (C=O) groups excluding carboxylic acids is 1. The Morgan fingerprint density at radius 3 is 2.80 bits per heavy atom. The Labute approximate surface area is 119 Å². The number of anilines is 3. The van der Waals surface area contributed by atoms with Gasteiger partial charge in [0.2, 0.25) is 0 Å². The molecule has 0 bridgehead atoms. The van der Waals surface area contributed by atoms with Crippen molar-refractivity contribution in [3.05, 3.63) is 46.9 Å². The molecule has 3 N–H and O–H groups in total. The SMILES string of the molecule is COC(=O)c1ccc(N)c(Nc2ccc(F)cc2Cl)n1. The lowest BCUT2D eigenvalue weighted by atomic mass is 10.2. The molecule has 5 nitrogen and oxygen atoms in total. The number of rotatable bonds is 3. The summed E-state index contributed by atoms with van der Waals surface area (Å²) in [6.45, 7) is 0. The maximum atomic E-state index is 13.0. The molecule has 1 aromatic heterocycles. The lowest BCUT2D eigenvalue weighted by Crippen LogP contribution is -2.08. The number of nitrogens with two attached hydrogens (primary N) is 1. The van der Waals surface area contributed by atoms with Gasteiger partial charge in [-0.25, -0.2) is 14.2 Å². The maximum Gasteiger partial charge on any atom is 0.356 e. The number of benzene rings is 1. The number of carbonyl (C=O) groups is 1. The van der Waals surface area contributed by atoms with E-state index >= 15 is 0 Å². The van der Waals surface area contributed by atoms with Crippen molar-refractivity contribution in [1.29, 1.82) is 0 Å². The van der Waals surface area contributed by atoms with E-state index in [0.29, 0.717) is 11.4 Å². The third kappa shape index (κ3) is 2.97. The van der Waals surface area contributed by atoms with Crippen molar-refractivity contribution < 1.29 is 13.9 Å². The van der Waals surface area contributed by atoms with Crippen LogP contribution in [0, 0.1) is 5.82 Å². The molecule has 2 rings (SSSR count). The number of nitrogen functional groups attached to an aromatic ring is 1. The number of hydrogen-bond acceptors (Lipinski definition) is 5. The quantitative estimate of drug-likeness (QED) is 0.851. The highest BCUT2D eigenvalue weighted by molar-refractivity contribution is 6.33. The van der Waals surface area contributed by atoms with Crippen molar-refractivity contribution in [1.82, 2.24) is 4.98 Å². The van der Waals surface area contributed by atoms with Crippen molar-refractivity contribution in [2.45, 2.75) is 0 Å². The number of nitrogens with zero attached hydrogens (tertiary/aromatic N) is 1. The smallest absolute Gasteiger partial charge is 0.356 e. The minimum absolute atomic E-state index is 0.0995. The van der Waals surface area contributed by atoms with Crippen LogP contribution in [0.25, 0.3) is 0 Å². The molecule has 104 valence electrons. The molecule has 0 unspecified atom stereocenters. The molecule has 20 heavy (non-hydrogen) atoms. The number of esters is 1. The van der Waals surface area contributed by atoms with Crippen molar-refractivity contribution in [2.75, 3.05) is 18.2 Å². The van der Waals surface area contributed by atoms with E-state index < -0.39 is 11.8 Å².